The van der Waals surface area contributed by atoms with Gasteiger partial charge in [-0.05, 0) is 76.7 Å². The van der Waals surface area contributed by atoms with Crippen molar-refractivity contribution in [2.45, 2.75) is 102 Å². The molecule has 6 rings (SSSR count). The molecule has 0 bridgehead atoms. The van der Waals surface area contributed by atoms with E-state index in [0.717, 1.165) is 51.4 Å². The smallest absolute Gasteiger partial charge is 0.252 e. The number of epoxide rings is 1. The van der Waals surface area contributed by atoms with Crippen molar-refractivity contribution < 1.29 is 19.3 Å². The standard InChI is InChI=1S/C26H34O4/c1-21(2,3)11-12-23(27)9-7-19-18-5-10-24-17-25(28-15-16-29-25)13-14-26(24,30-24)20(18)6-8-22(19,23)4/h6,15-16,18-19,27H,5,7-10,13-14,17H2,1-4H3/t18-,19-,22-,23+,24+,26+/m0/s1. The zero-order chi connectivity index (χ0) is 21.0. The molecule has 4 nitrogen and oxygen atoms in total. The summed E-state index contributed by atoms with van der Waals surface area (Å²) in [6, 6.07) is 0. The highest BCUT2D eigenvalue weighted by molar-refractivity contribution is 5.44. The lowest BCUT2D eigenvalue weighted by atomic mass is 9.53. The van der Waals surface area contributed by atoms with E-state index in [2.05, 4.69) is 45.6 Å². The highest BCUT2D eigenvalue weighted by Crippen LogP contribution is 2.74. The lowest BCUT2D eigenvalue weighted by Crippen LogP contribution is -2.53. The Balaban J connectivity index is 1.32. The van der Waals surface area contributed by atoms with Gasteiger partial charge in [0, 0.05) is 17.3 Å². The van der Waals surface area contributed by atoms with Gasteiger partial charge < -0.3 is 19.3 Å². The monoisotopic (exact) mass is 410 g/mol. The van der Waals surface area contributed by atoms with E-state index in [9.17, 15) is 5.11 Å². The van der Waals surface area contributed by atoms with Gasteiger partial charge in [0.2, 0.25) is 0 Å². The van der Waals surface area contributed by atoms with Crippen molar-refractivity contribution in [3.05, 3.63) is 24.2 Å². The van der Waals surface area contributed by atoms with Crippen molar-refractivity contribution >= 4 is 0 Å². The van der Waals surface area contributed by atoms with Crippen molar-refractivity contribution in [3.8, 4) is 11.8 Å². The first-order chi connectivity index (χ1) is 14.1. The molecule has 6 atom stereocenters. The molecule has 0 aromatic heterocycles. The molecule has 2 aliphatic heterocycles. The quantitative estimate of drug-likeness (QED) is 0.353. The predicted molar refractivity (Wildman–Crippen MR) is 113 cm³/mol. The van der Waals surface area contributed by atoms with E-state index in [1.165, 1.54) is 5.57 Å². The summed E-state index contributed by atoms with van der Waals surface area (Å²) in [6.45, 7) is 8.63. The molecule has 0 radical (unpaired) electrons. The van der Waals surface area contributed by atoms with Gasteiger partial charge in [0.25, 0.3) is 5.79 Å². The molecule has 30 heavy (non-hydrogen) atoms. The van der Waals surface area contributed by atoms with Crippen LogP contribution in [0.5, 0.6) is 0 Å². The predicted octanol–water partition coefficient (Wildman–Crippen LogP) is 4.83. The summed E-state index contributed by atoms with van der Waals surface area (Å²) in [4.78, 5) is 0. The molecule has 1 N–H and O–H groups in total. The highest BCUT2D eigenvalue weighted by Gasteiger charge is 2.80. The van der Waals surface area contributed by atoms with E-state index in [0.29, 0.717) is 11.8 Å². The van der Waals surface area contributed by atoms with Crippen LogP contribution in [-0.2, 0) is 14.2 Å². The second-order valence-electron chi connectivity index (χ2n) is 12.0. The number of hydrogen-bond acceptors (Lipinski definition) is 4. The molecule has 0 unspecified atom stereocenters. The van der Waals surface area contributed by atoms with E-state index in [1.807, 2.05) is 0 Å². The molecule has 0 aromatic rings. The van der Waals surface area contributed by atoms with Crippen LogP contribution in [0, 0.1) is 34.5 Å². The Kier molecular flexibility index (Phi) is 3.52. The fourth-order valence-corrected chi connectivity index (χ4v) is 7.63. The molecule has 0 aromatic carbocycles. The molecule has 4 heteroatoms. The third-order valence-electron chi connectivity index (χ3n) is 9.28. The Hall–Kier alpha value is -1.44. The van der Waals surface area contributed by atoms with E-state index < -0.39 is 11.4 Å². The topological polar surface area (TPSA) is 51.2 Å². The molecule has 162 valence electrons. The second kappa shape index (κ2) is 5.48. The van der Waals surface area contributed by atoms with Crippen LogP contribution >= 0.6 is 0 Å². The normalized spacial score (nSPS) is 49.4. The van der Waals surface area contributed by atoms with Crippen LogP contribution in [0.3, 0.4) is 0 Å². The van der Waals surface area contributed by atoms with Crippen LogP contribution in [-0.4, -0.2) is 27.7 Å². The first kappa shape index (κ1) is 19.3. The van der Waals surface area contributed by atoms with Gasteiger partial charge >= 0.3 is 0 Å². The fourth-order valence-electron chi connectivity index (χ4n) is 7.63. The van der Waals surface area contributed by atoms with Crippen molar-refractivity contribution in [1.29, 1.82) is 0 Å². The fraction of sp³-hybridized carbons (Fsp3) is 0.769. The zero-order valence-corrected chi connectivity index (χ0v) is 18.7. The SMILES string of the molecule is CC(C)(C)C#C[C@]1(O)CC[C@H]2[C@@H]3CC[C@@]45CC6(CC[C@@]4(O5)C3=CC[C@@]21C)OC=CO6. The Morgan fingerprint density at radius 1 is 1.07 bits per heavy atom. The summed E-state index contributed by atoms with van der Waals surface area (Å²) in [5.41, 5.74) is 0.122. The van der Waals surface area contributed by atoms with Crippen LogP contribution < -0.4 is 0 Å². The number of allylic oxidation sites excluding steroid dienone is 1. The third-order valence-corrected chi connectivity index (χ3v) is 9.28. The Morgan fingerprint density at radius 3 is 2.57 bits per heavy atom. The van der Waals surface area contributed by atoms with Gasteiger partial charge in [0.15, 0.2) is 0 Å². The van der Waals surface area contributed by atoms with Crippen molar-refractivity contribution in [2.75, 3.05) is 0 Å². The van der Waals surface area contributed by atoms with Crippen LogP contribution in [0.15, 0.2) is 24.2 Å². The Morgan fingerprint density at radius 2 is 1.83 bits per heavy atom. The number of aliphatic hydroxyl groups is 1. The lowest BCUT2D eigenvalue weighted by Gasteiger charge is -2.51. The number of rotatable bonds is 0. The van der Waals surface area contributed by atoms with Crippen LogP contribution in [0.1, 0.15) is 79.1 Å². The number of ether oxygens (including phenoxy) is 3. The zero-order valence-electron chi connectivity index (χ0n) is 18.7. The Labute approximate surface area is 180 Å². The minimum absolute atomic E-state index is 0.0948. The number of hydrogen-bond donors (Lipinski definition) is 1. The second-order valence-corrected chi connectivity index (χ2v) is 12.0. The van der Waals surface area contributed by atoms with Gasteiger partial charge in [-0.3, -0.25) is 0 Å². The van der Waals surface area contributed by atoms with Crippen molar-refractivity contribution in [1.82, 2.24) is 0 Å². The first-order valence-electron chi connectivity index (χ1n) is 11.7. The molecule has 4 aliphatic carbocycles. The average molecular weight is 411 g/mol. The van der Waals surface area contributed by atoms with Gasteiger partial charge in [-0.15, -0.1) is 0 Å². The maximum atomic E-state index is 11.7. The van der Waals surface area contributed by atoms with Gasteiger partial charge in [-0.25, -0.2) is 0 Å². The molecule has 1 saturated heterocycles. The average Bonchev–Trinajstić information content (AvgIpc) is 3.03. The van der Waals surface area contributed by atoms with E-state index in [1.54, 1.807) is 12.5 Å². The minimum Gasteiger partial charge on any atom is -0.457 e. The summed E-state index contributed by atoms with van der Waals surface area (Å²) in [5.74, 6) is 7.16. The van der Waals surface area contributed by atoms with Crippen molar-refractivity contribution in [2.24, 2.45) is 22.7 Å². The van der Waals surface area contributed by atoms with Crippen LogP contribution in [0.4, 0.5) is 0 Å². The summed E-state index contributed by atoms with van der Waals surface area (Å²) >= 11 is 0. The Bertz CT molecular complexity index is 908. The van der Waals surface area contributed by atoms with Crippen LogP contribution in [0.25, 0.3) is 0 Å². The minimum atomic E-state index is -0.891. The largest absolute Gasteiger partial charge is 0.457 e. The van der Waals surface area contributed by atoms with Gasteiger partial charge in [0.1, 0.15) is 29.3 Å². The molecular weight excluding hydrogens is 376 g/mol. The molecule has 6 aliphatic rings. The van der Waals surface area contributed by atoms with Gasteiger partial charge in [-0.1, -0.05) is 24.8 Å². The summed E-state index contributed by atoms with van der Waals surface area (Å²) in [5, 5.41) is 11.7. The van der Waals surface area contributed by atoms with Gasteiger partial charge in [0.05, 0.1) is 6.42 Å². The highest BCUT2D eigenvalue weighted by atomic mass is 16.7. The molecule has 1 spiro atoms. The van der Waals surface area contributed by atoms with E-state index in [-0.39, 0.29) is 22.0 Å². The maximum Gasteiger partial charge on any atom is 0.252 e. The van der Waals surface area contributed by atoms with Crippen LogP contribution in [0.2, 0.25) is 0 Å². The lowest BCUT2D eigenvalue weighted by molar-refractivity contribution is -0.171. The van der Waals surface area contributed by atoms with Gasteiger partial charge in [-0.2, -0.15) is 0 Å². The number of fused-ring (bicyclic) bond motifs is 3. The van der Waals surface area contributed by atoms with E-state index >= 15 is 0 Å². The first-order valence-corrected chi connectivity index (χ1v) is 11.7. The van der Waals surface area contributed by atoms with Crippen molar-refractivity contribution in [3.63, 3.8) is 0 Å². The summed E-state index contributed by atoms with van der Waals surface area (Å²) in [7, 11) is 0. The third kappa shape index (κ3) is 2.26. The maximum absolute atomic E-state index is 11.7. The molecule has 2 heterocycles. The summed E-state index contributed by atoms with van der Waals surface area (Å²) in [6.07, 6.45) is 13.4. The summed E-state index contributed by atoms with van der Waals surface area (Å²) < 4.78 is 18.4. The molecule has 4 fully saturated rings. The molecule has 0 amide bonds. The molecule has 3 saturated carbocycles. The molecular formula is C26H34O4. The van der Waals surface area contributed by atoms with E-state index in [4.69, 9.17) is 14.2 Å².